The number of rotatable bonds is 7. The van der Waals surface area contributed by atoms with Crippen LogP contribution in [0.3, 0.4) is 0 Å². The van der Waals surface area contributed by atoms with Crippen molar-refractivity contribution in [1.82, 2.24) is 0 Å². The zero-order valence-electron chi connectivity index (χ0n) is 16.0. The zero-order valence-corrected chi connectivity index (χ0v) is 16.0. The summed E-state index contributed by atoms with van der Waals surface area (Å²) in [7, 11) is 1.44. The lowest BCUT2D eigenvalue weighted by molar-refractivity contribution is -0.140. The van der Waals surface area contributed by atoms with E-state index in [1.807, 2.05) is 0 Å². The van der Waals surface area contributed by atoms with Crippen molar-refractivity contribution in [3.8, 4) is 0 Å². The van der Waals surface area contributed by atoms with Crippen LogP contribution < -0.4 is 0 Å². The van der Waals surface area contributed by atoms with Gasteiger partial charge in [-0.05, 0) is 58.3 Å². The molecule has 0 heterocycles. The quantitative estimate of drug-likeness (QED) is 0.412. The van der Waals surface area contributed by atoms with Gasteiger partial charge in [-0.2, -0.15) is 0 Å². The van der Waals surface area contributed by atoms with Crippen molar-refractivity contribution >= 4 is 5.97 Å². The van der Waals surface area contributed by atoms with Crippen molar-refractivity contribution in [2.75, 3.05) is 7.11 Å². The fourth-order valence-electron chi connectivity index (χ4n) is 3.97. The second kappa shape index (κ2) is 9.19. The van der Waals surface area contributed by atoms with Crippen molar-refractivity contribution in [1.29, 1.82) is 0 Å². The monoisotopic (exact) mass is 344 g/mol. The minimum absolute atomic E-state index is 0.147. The Bertz CT molecular complexity index is 590. The summed E-state index contributed by atoms with van der Waals surface area (Å²) in [6.07, 6.45) is 14.8. The van der Waals surface area contributed by atoms with Crippen LogP contribution in [0.2, 0.25) is 0 Å². The molecule has 0 radical (unpaired) electrons. The van der Waals surface area contributed by atoms with Crippen LogP contribution in [0.25, 0.3) is 0 Å². The molecule has 138 valence electrons. The molecule has 0 aliphatic heterocycles. The molecule has 0 amide bonds. The summed E-state index contributed by atoms with van der Waals surface area (Å²) in [4.78, 5) is 11.3. The molecule has 0 bridgehead atoms. The third-order valence-corrected chi connectivity index (χ3v) is 5.38. The van der Waals surface area contributed by atoms with Gasteiger partial charge in [0, 0.05) is 12.3 Å². The number of aliphatic hydroxyl groups is 1. The Morgan fingerprint density at radius 3 is 2.76 bits per heavy atom. The Hall–Kier alpha value is -1.61. The first-order chi connectivity index (χ1) is 11.9. The molecule has 0 aromatic carbocycles. The normalized spacial score (nSPS) is 28.8. The van der Waals surface area contributed by atoms with Crippen molar-refractivity contribution in [2.24, 2.45) is 17.8 Å². The van der Waals surface area contributed by atoms with Gasteiger partial charge in [0.05, 0.1) is 13.2 Å². The fraction of sp³-hybridized carbons (Fsp3) is 0.591. The number of hydrogen-bond donors (Lipinski definition) is 1. The Kier molecular flexibility index (Phi) is 7.24. The number of allylic oxidation sites excluding steroid dienone is 7. The number of esters is 1. The van der Waals surface area contributed by atoms with Crippen LogP contribution in [-0.4, -0.2) is 24.3 Å². The number of ether oxygens (including phenoxy) is 1. The summed E-state index contributed by atoms with van der Waals surface area (Å²) in [6, 6.07) is 0. The van der Waals surface area contributed by atoms with Gasteiger partial charge < -0.3 is 9.84 Å². The molecule has 1 fully saturated rings. The molecule has 0 saturated heterocycles. The van der Waals surface area contributed by atoms with Crippen LogP contribution >= 0.6 is 0 Å². The molecule has 0 spiro atoms. The highest BCUT2D eigenvalue weighted by Crippen LogP contribution is 2.48. The first-order valence-corrected chi connectivity index (χ1v) is 9.33. The third kappa shape index (κ3) is 5.71. The lowest BCUT2D eigenvalue weighted by atomic mass is 9.88. The van der Waals surface area contributed by atoms with E-state index in [0.717, 1.165) is 25.7 Å². The molecule has 2 rings (SSSR count). The molecule has 3 nitrogen and oxygen atoms in total. The predicted molar refractivity (Wildman–Crippen MR) is 102 cm³/mol. The van der Waals surface area contributed by atoms with Crippen molar-refractivity contribution < 1.29 is 14.6 Å². The largest absolute Gasteiger partial charge is 0.469 e. The number of carbonyl (C=O) groups is 1. The van der Waals surface area contributed by atoms with Crippen molar-refractivity contribution in [3.63, 3.8) is 0 Å². The summed E-state index contributed by atoms with van der Waals surface area (Å²) in [5.74, 6) is 0.993. The SMILES string of the molecule is COC(=O)CCC1=C[C@H]2C[C@@H](O)[C@H](/C=C/C(C)=C/CC=C(C)C)[C@H]2C1. The Balaban J connectivity index is 1.92. The molecule has 4 atom stereocenters. The number of aliphatic hydroxyl groups excluding tert-OH is 1. The molecule has 2 aliphatic carbocycles. The van der Waals surface area contributed by atoms with E-state index in [2.05, 4.69) is 51.2 Å². The average Bonchev–Trinajstić information content (AvgIpc) is 3.07. The first-order valence-electron chi connectivity index (χ1n) is 9.33. The molecule has 1 N–H and O–H groups in total. The van der Waals surface area contributed by atoms with Gasteiger partial charge in [0.1, 0.15) is 0 Å². The lowest BCUT2D eigenvalue weighted by Gasteiger charge is -2.18. The Morgan fingerprint density at radius 1 is 1.32 bits per heavy atom. The second-order valence-corrected chi connectivity index (χ2v) is 7.64. The highest BCUT2D eigenvalue weighted by molar-refractivity contribution is 5.69. The molecule has 25 heavy (non-hydrogen) atoms. The zero-order chi connectivity index (χ0) is 18.4. The molecule has 1 saturated carbocycles. The van der Waals surface area contributed by atoms with Gasteiger partial charge in [-0.3, -0.25) is 4.79 Å². The van der Waals surface area contributed by atoms with Crippen LogP contribution in [0.4, 0.5) is 0 Å². The van der Waals surface area contributed by atoms with E-state index in [4.69, 9.17) is 4.74 Å². The predicted octanol–water partition coefficient (Wildman–Crippen LogP) is 4.74. The minimum atomic E-state index is -0.254. The topological polar surface area (TPSA) is 46.5 Å². The van der Waals surface area contributed by atoms with Crippen LogP contribution in [0.5, 0.6) is 0 Å². The number of hydrogen-bond acceptors (Lipinski definition) is 3. The van der Waals surface area contributed by atoms with E-state index in [0.29, 0.717) is 18.3 Å². The Labute approximate surface area is 152 Å². The van der Waals surface area contributed by atoms with Gasteiger partial charge in [-0.1, -0.05) is 47.1 Å². The standard InChI is InChI=1S/C22H32O3/c1-15(2)6-5-7-16(3)8-10-19-20-13-17(9-11-22(24)25-4)12-18(20)14-21(19)23/h6-8,10,12,18-21,23H,5,9,11,13-14H2,1-4H3/b10-8+,16-7+/t18-,19+,20-,21+/m0/s1. The number of fused-ring (bicyclic) bond motifs is 1. The second-order valence-electron chi connectivity index (χ2n) is 7.64. The van der Waals surface area contributed by atoms with Gasteiger partial charge in [0.15, 0.2) is 0 Å². The van der Waals surface area contributed by atoms with E-state index in [-0.39, 0.29) is 18.0 Å². The lowest BCUT2D eigenvalue weighted by Crippen LogP contribution is -2.17. The fourth-order valence-corrected chi connectivity index (χ4v) is 3.97. The number of methoxy groups -OCH3 is 1. The van der Waals surface area contributed by atoms with E-state index in [1.54, 1.807) is 0 Å². The summed E-state index contributed by atoms with van der Waals surface area (Å²) in [5.41, 5.74) is 3.92. The van der Waals surface area contributed by atoms with E-state index < -0.39 is 0 Å². The maximum Gasteiger partial charge on any atom is 0.305 e. The number of carbonyl (C=O) groups excluding carboxylic acids is 1. The highest BCUT2D eigenvalue weighted by atomic mass is 16.5. The molecular formula is C22H32O3. The minimum Gasteiger partial charge on any atom is -0.469 e. The van der Waals surface area contributed by atoms with Crippen LogP contribution in [-0.2, 0) is 9.53 Å². The van der Waals surface area contributed by atoms with E-state index >= 15 is 0 Å². The molecule has 0 aromatic rings. The maximum atomic E-state index is 11.3. The van der Waals surface area contributed by atoms with Gasteiger partial charge >= 0.3 is 5.97 Å². The van der Waals surface area contributed by atoms with Gasteiger partial charge in [-0.25, -0.2) is 0 Å². The molecule has 2 aliphatic rings. The summed E-state index contributed by atoms with van der Waals surface area (Å²) in [5, 5.41) is 10.4. The van der Waals surface area contributed by atoms with Crippen LogP contribution in [0, 0.1) is 17.8 Å². The van der Waals surface area contributed by atoms with Crippen LogP contribution in [0.15, 0.2) is 47.1 Å². The van der Waals surface area contributed by atoms with E-state index in [1.165, 1.54) is 23.8 Å². The summed E-state index contributed by atoms with van der Waals surface area (Å²) in [6.45, 7) is 6.33. The summed E-state index contributed by atoms with van der Waals surface area (Å²) < 4.78 is 4.73. The maximum absolute atomic E-state index is 11.3. The first kappa shape index (κ1) is 19.7. The average molecular weight is 344 g/mol. The molecular weight excluding hydrogens is 312 g/mol. The Morgan fingerprint density at radius 2 is 2.08 bits per heavy atom. The highest BCUT2D eigenvalue weighted by Gasteiger charge is 2.43. The van der Waals surface area contributed by atoms with E-state index in [9.17, 15) is 9.90 Å². The third-order valence-electron chi connectivity index (χ3n) is 5.38. The van der Waals surface area contributed by atoms with Crippen molar-refractivity contribution in [3.05, 3.63) is 47.1 Å². The smallest absolute Gasteiger partial charge is 0.305 e. The van der Waals surface area contributed by atoms with Crippen LogP contribution in [0.1, 0.15) is 52.9 Å². The van der Waals surface area contributed by atoms with Gasteiger partial charge in [-0.15, -0.1) is 0 Å². The summed E-state index contributed by atoms with van der Waals surface area (Å²) >= 11 is 0. The van der Waals surface area contributed by atoms with Gasteiger partial charge in [0.2, 0.25) is 0 Å². The molecule has 3 heteroatoms. The van der Waals surface area contributed by atoms with Gasteiger partial charge in [0.25, 0.3) is 0 Å². The molecule has 0 unspecified atom stereocenters. The molecule has 0 aromatic heterocycles. The van der Waals surface area contributed by atoms with Crippen molar-refractivity contribution in [2.45, 2.75) is 59.0 Å².